The fourth-order valence-corrected chi connectivity index (χ4v) is 3.77. The van der Waals surface area contributed by atoms with Crippen LogP contribution in [0.1, 0.15) is 28.4 Å². The normalized spacial score (nSPS) is 12.3. The van der Waals surface area contributed by atoms with Crippen molar-refractivity contribution in [1.29, 1.82) is 0 Å². The molecule has 2 aromatic rings. The fourth-order valence-electron chi connectivity index (χ4n) is 2.77. The zero-order valence-corrected chi connectivity index (χ0v) is 17.9. The largest absolute Gasteiger partial charge is 0.357 e. The van der Waals surface area contributed by atoms with Crippen molar-refractivity contribution in [2.45, 2.75) is 19.1 Å². The van der Waals surface area contributed by atoms with Crippen LogP contribution < -0.4 is 16.0 Å². The summed E-state index contributed by atoms with van der Waals surface area (Å²) in [4.78, 5) is 16.3. The number of nitrogens with one attached hydrogen (secondary N) is 3. The van der Waals surface area contributed by atoms with E-state index in [1.165, 1.54) is 0 Å². The van der Waals surface area contributed by atoms with E-state index in [2.05, 4.69) is 20.9 Å². The Balaban J connectivity index is 1.80. The van der Waals surface area contributed by atoms with Gasteiger partial charge in [-0.1, -0.05) is 42.5 Å². The van der Waals surface area contributed by atoms with Gasteiger partial charge in [-0.15, -0.1) is 0 Å². The molecule has 1 amide bonds. The van der Waals surface area contributed by atoms with Gasteiger partial charge < -0.3 is 16.0 Å². The highest BCUT2D eigenvalue weighted by Gasteiger charge is 2.05. The monoisotopic (exact) mass is 414 g/mol. The molecule has 2 rings (SSSR count). The first kappa shape index (κ1) is 22.6. The summed E-state index contributed by atoms with van der Waals surface area (Å²) < 4.78 is 12.2. The summed E-state index contributed by atoms with van der Waals surface area (Å²) in [6, 6.07) is 17.5. The smallest absolute Gasteiger partial charge is 0.251 e. The molecule has 7 heteroatoms. The molecule has 0 aliphatic carbocycles. The lowest BCUT2D eigenvalue weighted by Crippen LogP contribution is -2.38. The van der Waals surface area contributed by atoms with Crippen LogP contribution in [0, 0.1) is 0 Å². The molecule has 0 aliphatic heterocycles. The van der Waals surface area contributed by atoms with Crippen LogP contribution in [0.4, 0.5) is 0 Å². The van der Waals surface area contributed by atoms with Crippen LogP contribution >= 0.6 is 0 Å². The van der Waals surface area contributed by atoms with Crippen LogP contribution in [0.2, 0.25) is 0 Å². The van der Waals surface area contributed by atoms with Gasteiger partial charge in [0.2, 0.25) is 0 Å². The van der Waals surface area contributed by atoms with Crippen LogP contribution in [0.15, 0.2) is 59.6 Å². The molecule has 0 saturated carbocycles. The second kappa shape index (κ2) is 12.7. The maximum atomic E-state index is 12.2. The van der Waals surface area contributed by atoms with E-state index in [1.54, 1.807) is 13.1 Å². The van der Waals surface area contributed by atoms with Gasteiger partial charge in [0.1, 0.15) is 0 Å². The first-order valence-corrected chi connectivity index (χ1v) is 11.3. The number of hydrogen-bond donors (Lipinski definition) is 3. The Bertz CT molecular complexity index is 825. The number of guanidine groups is 1. The molecule has 1 unspecified atom stereocenters. The first-order valence-electron chi connectivity index (χ1n) is 9.84. The summed E-state index contributed by atoms with van der Waals surface area (Å²) in [5.74, 6) is 1.71. The molecule has 29 heavy (non-hydrogen) atoms. The van der Waals surface area contributed by atoms with Gasteiger partial charge in [0.25, 0.3) is 5.91 Å². The minimum absolute atomic E-state index is 0.0850. The number of nitrogens with zero attached hydrogens (tertiary/aromatic N) is 1. The van der Waals surface area contributed by atoms with E-state index in [9.17, 15) is 9.00 Å². The molecule has 0 fully saturated rings. The molecule has 0 aromatic heterocycles. The van der Waals surface area contributed by atoms with Crippen molar-refractivity contribution < 1.29 is 9.00 Å². The van der Waals surface area contributed by atoms with Crippen LogP contribution in [0.25, 0.3) is 0 Å². The summed E-state index contributed by atoms with van der Waals surface area (Å²) in [5, 5.41) is 9.14. The molecule has 0 radical (unpaired) electrons. The molecule has 0 aliphatic rings. The third-order valence-electron chi connectivity index (χ3n) is 4.23. The number of carbonyl (C=O) groups is 1. The minimum atomic E-state index is -0.935. The molecule has 0 bridgehead atoms. The summed E-state index contributed by atoms with van der Waals surface area (Å²) in [7, 11) is 0.692. The number of benzene rings is 2. The minimum Gasteiger partial charge on any atom is -0.357 e. The van der Waals surface area contributed by atoms with E-state index in [0.717, 1.165) is 24.1 Å². The third-order valence-corrected chi connectivity index (χ3v) is 5.52. The van der Waals surface area contributed by atoms with E-state index in [1.807, 2.05) is 55.5 Å². The quantitative estimate of drug-likeness (QED) is 0.411. The molecule has 0 saturated heterocycles. The van der Waals surface area contributed by atoms with E-state index >= 15 is 0 Å². The predicted molar refractivity (Wildman–Crippen MR) is 121 cm³/mol. The Kier molecular flexibility index (Phi) is 9.92. The van der Waals surface area contributed by atoms with Crippen LogP contribution in [0.5, 0.6) is 0 Å². The summed E-state index contributed by atoms with van der Waals surface area (Å²) >= 11 is 0. The number of amides is 1. The summed E-state index contributed by atoms with van der Waals surface area (Å²) in [6.45, 7) is 3.96. The van der Waals surface area contributed by atoms with Crippen molar-refractivity contribution in [3.8, 4) is 0 Å². The van der Waals surface area contributed by atoms with Gasteiger partial charge in [-0.25, -0.2) is 0 Å². The predicted octanol–water partition coefficient (Wildman–Crippen LogP) is 2.09. The maximum absolute atomic E-state index is 12.2. The Labute approximate surface area is 175 Å². The topological polar surface area (TPSA) is 82.6 Å². The molecular formula is C22H30N4O2S. The van der Waals surface area contributed by atoms with Crippen molar-refractivity contribution >= 4 is 22.7 Å². The van der Waals surface area contributed by atoms with Crippen molar-refractivity contribution in [2.75, 3.05) is 32.4 Å². The average Bonchev–Trinajstić information content (AvgIpc) is 2.74. The molecule has 0 spiro atoms. The number of carbonyl (C=O) groups excluding carboxylic acids is 1. The lowest BCUT2D eigenvalue weighted by Gasteiger charge is -2.11. The van der Waals surface area contributed by atoms with Crippen LogP contribution in [-0.4, -0.2) is 48.5 Å². The fraction of sp³-hybridized carbons (Fsp3) is 0.364. The molecule has 2 aromatic carbocycles. The lowest BCUT2D eigenvalue weighted by molar-refractivity contribution is 0.0963. The highest BCUT2D eigenvalue weighted by atomic mass is 32.2. The van der Waals surface area contributed by atoms with E-state index < -0.39 is 10.8 Å². The Morgan fingerprint density at radius 3 is 2.52 bits per heavy atom. The van der Waals surface area contributed by atoms with Crippen molar-refractivity contribution in [2.24, 2.45) is 4.99 Å². The number of hydrogen-bond acceptors (Lipinski definition) is 3. The second-order valence-corrected chi connectivity index (χ2v) is 8.07. The van der Waals surface area contributed by atoms with Crippen molar-refractivity contribution in [3.63, 3.8) is 0 Å². The summed E-state index contributed by atoms with van der Waals surface area (Å²) in [6.07, 6.45) is 0.773. The molecule has 3 N–H and O–H groups in total. The van der Waals surface area contributed by atoms with Gasteiger partial charge in [-0.2, -0.15) is 0 Å². The van der Waals surface area contributed by atoms with Crippen molar-refractivity contribution in [3.05, 3.63) is 71.3 Å². The molecule has 156 valence electrons. The Morgan fingerprint density at radius 1 is 1.03 bits per heavy atom. The lowest BCUT2D eigenvalue weighted by atomic mass is 10.1. The Morgan fingerprint density at radius 2 is 1.79 bits per heavy atom. The standard InChI is InChI=1S/C22H30N4O2S/c1-3-24-22(26-14-15-29(28)17-19-8-5-4-6-9-19)25-13-12-18-10-7-11-20(16-18)21(27)23-2/h4-11,16H,3,12-15,17H2,1-2H3,(H,23,27)(H2,24,25,26). The molecule has 0 heterocycles. The zero-order chi connectivity index (χ0) is 20.9. The highest BCUT2D eigenvalue weighted by molar-refractivity contribution is 7.84. The average molecular weight is 415 g/mol. The van der Waals surface area contributed by atoms with Crippen LogP contribution in [-0.2, 0) is 23.0 Å². The van der Waals surface area contributed by atoms with Gasteiger partial charge in [0.05, 0.1) is 6.54 Å². The molecular weight excluding hydrogens is 384 g/mol. The van der Waals surface area contributed by atoms with Gasteiger partial charge in [0, 0.05) is 48.0 Å². The van der Waals surface area contributed by atoms with Crippen molar-refractivity contribution in [1.82, 2.24) is 16.0 Å². The number of aliphatic imine (C=N–C) groups is 1. The molecule has 6 nitrogen and oxygen atoms in total. The second-order valence-electron chi connectivity index (χ2n) is 6.49. The summed E-state index contributed by atoms with van der Waals surface area (Å²) in [5.41, 5.74) is 2.82. The zero-order valence-electron chi connectivity index (χ0n) is 17.1. The van der Waals surface area contributed by atoms with Crippen LogP contribution in [0.3, 0.4) is 0 Å². The number of rotatable bonds is 10. The van der Waals surface area contributed by atoms with Gasteiger partial charge in [0.15, 0.2) is 5.96 Å². The maximum Gasteiger partial charge on any atom is 0.251 e. The highest BCUT2D eigenvalue weighted by Crippen LogP contribution is 2.06. The van der Waals surface area contributed by atoms with E-state index in [-0.39, 0.29) is 5.91 Å². The van der Waals surface area contributed by atoms with Gasteiger partial charge in [-0.05, 0) is 36.6 Å². The first-order chi connectivity index (χ1) is 14.1. The van der Waals surface area contributed by atoms with Gasteiger partial charge >= 0.3 is 0 Å². The molecule has 1 atom stereocenters. The van der Waals surface area contributed by atoms with Gasteiger partial charge in [-0.3, -0.25) is 14.0 Å². The Hall–Kier alpha value is -2.67. The SMILES string of the molecule is CCNC(=NCCS(=O)Cc1ccccc1)NCCc1cccc(C(=O)NC)c1. The third kappa shape index (κ3) is 8.48. The van der Waals surface area contributed by atoms with E-state index in [0.29, 0.717) is 36.1 Å². The van der Waals surface area contributed by atoms with E-state index in [4.69, 9.17) is 0 Å².